The molecule has 0 spiro atoms. The Morgan fingerprint density at radius 3 is 2.75 bits per heavy atom. The van der Waals surface area contributed by atoms with Crippen LogP contribution in [0.3, 0.4) is 0 Å². The van der Waals surface area contributed by atoms with Gasteiger partial charge in [-0.3, -0.25) is 14.5 Å². The maximum absolute atomic E-state index is 13.6. The van der Waals surface area contributed by atoms with Crippen LogP contribution in [0.5, 0.6) is 0 Å². The van der Waals surface area contributed by atoms with Crippen molar-refractivity contribution in [2.45, 2.75) is 38.8 Å². The lowest BCUT2D eigenvalue weighted by Crippen LogP contribution is -2.40. The van der Waals surface area contributed by atoms with Crippen molar-refractivity contribution in [2.24, 2.45) is 0 Å². The number of hydrogen-bond donors (Lipinski definition) is 1. The molecule has 1 N–H and O–H groups in total. The van der Waals surface area contributed by atoms with Crippen molar-refractivity contribution >= 4 is 17.5 Å². The molecule has 4 nitrogen and oxygen atoms in total. The molecule has 1 heterocycles. The minimum absolute atomic E-state index is 0.0425. The highest BCUT2D eigenvalue weighted by molar-refractivity contribution is 6.07. The zero-order valence-electron chi connectivity index (χ0n) is 11.3. The van der Waals surface area contributed by atoms with Gasteiger partial charge in [0.25, 0.3) is 5.91 Å². The third-order valence-corrected chi connectivity index (χ3v) is 3.50. The van der Waals surface area contributed by atoms with Crippen molar-refractivity contribution in [3.8, 4) is 0 Å². The van der Waals surface area contributed by atoms with E-state index in [2.05, 4.69) is 5.32 Å². The Kier molecular flexibility index (Phi) is 4.01. The van der Waals surface area contributed by atoms with Crippen LogP contribution in [-0.2, 0) is 9.59 Å². The van der Waals surface area contributed by atoms with Gasteiger partial charge < -0.3 is 5.32 Å². The summed E-state index contributed by atoms with van der Waals surface area (Å²) in [4.78, 5) is 25.2. The topological polar surface area (TPSA) is 49.4 Å². The number of hydrogen-bond acceptors (Lipinski definition) is 3. The second-order valence-electron chi connectivity index (χ2n) is 4.86. The van der Waals surface area contributed by atoms with E-state index in [9.17, 15) is 18.4 Å². The molecule has 20 heavy (non-hydrogen) atoms. The molecule has 108 valence electrons. The Balaban J connectivity index is 2.17. The van der Waals surface area contributed by atoms with Gasteiger partial charge in [0.2, 0.25) is 5.91 Å². The van der Waals surface area contributed by atoms with E-state index in [0.717, 1.165) is 6.07 Å². The molecule has 1 aliphatic heterocycles. The number of carbonyl (C=O) groups is 2. The second-order valence-corrected chi connectivity index (χ2v) is 4.86. The van der Waals surface area contributed by atoms with Gasteiger partial charge in [0.1, 0.15) is 6.04 Å². The fraction of sp³-hybridized carbons (Fsp3) is 0.429. The summed E-state index contributed by atoms with van der Waals surface area (Å²) in [5.74, 6) is -2.73. The van der Waals surface area contributed by atoms with E-state index in [0.29, 0.717) is 6.42 Å². The molecule has 1 fully saturated rings. The molecule has 0 aromatic heterocycles. The Morgan fingerprint density at radius 2 is 2.10 bits per heavy atom. The third-order valence-electron chi connectivity index (χ3n) is 3.50. The van der Waals surface area contributed by atoms with Crippen molar-refractivity contribution in [1.82, 2.24) is 4.90 Å². The number of nitrogens with zero attached hydrogens (tertiary/aromatic N) is 1. The van der Waals surface area contributed by atoms with E-state index < -0.39 is 23.6 Å². The van der Waals surface area contributed by atoms with E-state index in [4.69, 9.17) is 0 Å². The first-order chi connectivity index (χ1) is 9.45. The Morgan fingerprint density at radius 1 is 1.40 bits per heavy atom. The predicted octanol–water partition coefficient (Wildman–Crippen LogP) is 2.30. The van der Waals surface area contributed by atoms with Crippen LogP contribution in [0.1, 0.15) is 26.7 Å². The molecular weight excluding hydrogens is 266 g/mol. The van der Waals surface area contributed by atoms with Gasteiger partial charge in [-0.15, -0.1) is 0 Å². The fourth-order valence-electron chi connectivity index (χ4n) is 2.21. The summed E-state index contributed by atoms with van der Waals surface area (Å²) < 4.78 is 26.7. The highest BCUT2D eigenvalue weighted by Crippen LogP contribution is 2.23. The average Bonchev–Trinajstić information content (AvgIpc) is 2.69. The minimum atomic E-state index is -1.05. The van der Waals surface area contributed by atoms with Crippen LogP contribution < -0.4 is 5.32 Å². The quantitative estimate of drug-likeness (QED) is 0.862. The van der Waals surface area contributed by atoms with Gasteiger partial charge in [0.05, 0.1) is 12.1 Å². The summed E-state index contributed by atoms with van der Waals surface area (Å²) in [7, 11) is 0. The Labute approximate surface area is 115 Å². The van der Waals surface area contributed by atoms with E-state index >= 15 is 0 Å². The van der Waals surface area contributed by atoms with Gasteiger partial charge >= 0.3 is 0 Å². The van der Waals surface area contributed by atoms with Gasteiger partial charge in [-0.1, -0.05) is 13.0 Å². The van der Waals surface area contributed by atoms with E-state index in [1.165, 1.54) is 17.0 Å². The first-order valence-corrected chi connectivity index (χ1v) is 6.52. The molecule has 0 radical (unpaired) electrons. The van der Waals surface area contributed by atoms with Crippen LogP contribution in [-0.4, -0.2) is 28.8 Å². The van der Waals surface area contributed by atoms with E-state index in [1.54, 1.807) is 6.92 Å². The summed E-state index contributed by atoms with van der Waals surface area (Å²) in [6, 6.07) is 2.64. The molecule has 1 aromatic carbocycles. The number of carbonyl (C=O) groups excluding carboxylic acids is 2. The number of benzene rings is 1. The Hall–Kier alpha value is -1.98. The summed E-state index contributed by atoms with van der Waals surface area (Å²) in [6.07, 6.45) is 0.609. The number of amides is 2. The lowest BCUT2D eigenvalue weighted by Gasteiger charge is -2.22. The minimum Gasteiger partial charge on any atom is -0.371 e. The van der Waals surface area contributed by atoms with Gasteiger partial charge in [-0.2, -0.15) is 0 Å². The number of nitrogens with one attached hydrogen (secondary N) is 1. The molecule has 1 aliphatic rings. The van der Waals surface area contributed by atoms with E-state index in [1.807, 2.05) is 6.92 Å². The molecule has 0 saturated carbocycles. The molecule has 1 saturated heterocycles. The number of halogens is 2. The highest BCUT2D eigenvalue weighted by Gasteiger charge is 2.40. The maximum Gasteiger partial charge on any atom is 0.252 e. The lowest BCUT2D eigenvalue weighted by atomic mass is 10.2. The average molecular weight is 282 g/mol. The smallest absolute Gasteiger partial charge is 0.252 e. The number of likely N-dealkylation sites (tertiary alicyclic amines) is 1. The van der Waals surface area contributed by atoms with Gasteiger partial charge in [-0.05, 0) is 25.5 Å². The molecule has 2 amide bonds. The normalized spacial score (nSPS) is 20.4. The van der Waals surface area contributed by atoms with Crippen LogP contribution in [0.4, 0.5) is 14.5 Å². The molecular formula is C14H16F2N2O2. The largest absolute Gasteiger partial charge is 0.371 e. The first kappa shape index (κ1) is 14.4. The number of rotatable bonds is 4. The zero-order valence-corrected chi connectivity index (χ0v) is 11.3. The molecule has 6 heteroatoms. The molecule has 2 atom stereocenters. The van der Waals surface area contributed by atoms with Gasteiger partial charge in [0, 0.05) is 6.04 Å². The van der Waals surface area contributed by atoms with Crippen LogP contribution >= 0.6 is 0 Å². The molecule has 0 aliphatic carbocycles. The van der Waals surface area contributed by atoms with Crippen LogP contribution in [0.2, 0.25) is 0 Å². The number of imide groups is 1. The second kappa shape index (κ2) is 5.56. The molecule has 2 unspecified atom stereocenters. The third kappa shape index (κ3) is 2.50. The maximum atomic E-state index is 13.6. The first-order valence-electron chi connectivity index (χ1n) is 6.52. The van der Waals surface area contributed by atoms with Crippen LogP contribution in [0.15, 0.2) is 18.2 Å². The van der Waals surface area contributed by atoms with Crippen molar-refractivity contribution in [2.75, 3.05) is 5.32 Å². The van der Waals surface area contributed by atoms with Gasteiger partial charge in [0.15, 0.2) is 11.6 Å². The zero-order chi connectivity index (χ0) is 14.9. The molecule has 1 aromatic rings. The van der Waals surface area contributed by atoms with Crippen LogP contribution in [0.25, 0.3) is 0 Å². The molecule has 2 rings (SSSR count). The van der Waals surface area contributed by atoms with Crippen LogP contribution in [0, 0.1) is 11.6 Å². The Bertz CT molecular complexity index is 548. The monoisotopic (exact) mass is 282 g/mol. The summed E-state index contributed by atoms with van der Waals surface area (Å²) >= 11 is 0. The summed E-state index contributed by atoms with van der Waals surface area (Å²) in [5.41, 5.74) is -0.109. The predicted molar refractivity (Wildman–Crippen MR) is 70.0 cm³/mol. The van der Waals surface area contributed by atoms with Crippen molar-refractivity contribution in [3.63, 3.8) is 0 Å². The highest BCUT2D eigenvalue weighted by atomic mass is 19.2. The fourth-order valence-corrected chi connectivity index (χ4v) is 2.21. The standard InChI is InChI=1S/C14H16F2N2O2/c1-3-8(2)18-12(19)7-11(14(18)20)17-10-6-4-5-9(15)13(10)16/h4-6,8,11,17H,3,7H2,1-2H3. The molecule has 0 bridgehead atoms. The lowest BCUT2D eigenvalue weighted by molar-refractivity contribution is -0.140. The van der Waals surface area contributed by atoms with E-state index in [-0.39, 0.29) is 24.1 Å². The van der Waals surface area contributed by atoms with Crippen molar-refractivity contribution in [1.29, 1.82) is 0 Å². The van der Waals surface area contributed by atoms with Gasteiger partial charge in [-0.25, -0.2) is 8.78 Å². The summed E-state index contributed by atoms with van der Waals surface area (Å²) in [6.45, 7) is 3.65. The number of anilines is 1. The van der Waals surface area contributed by atoms with Crippen molar-refractivity contribution < 1.29 is 18.4 Å². The van der Waals surface area contributed by atoms with Crippen molar-refractivity contribution in [3.05, 3.63) is 29.8 Å². The SMILES string of the molecule is CCC(C)N1C(=O)CC(Nc2cccc(F)c2F)C1=O. The summed E-state index contributed by atoms with van der Waals surface area (Å²) in [5, 5.41) is 2.61.